The molecule has 0 aliphatic heterocycles. The smallest absolute Gasteiger partial charge is 0.0320 e. The molecular weight excluding hydrogens is 206 g/mol. The molecule has 0 aromatic heterocycles. The van der Waals surface area contributed by atoms with Crippen LogP contribution in [0.25, 0.3) is 0 Å². The second kappa shape index (κ2) is 6.20. The second-order valence-electron chi connectivity index (χ2n) is 5.41. The highest BCUT2D eigenvalue weighted by Gasteiger charge is 2.23. The lowest BCUT2D eigenvalue weighted by molar-refractivity contribution is 0.256. The van der Waals surface area contributed by atoms with E-state index in [9.17, 15) is 0 Å². The Hall–Kier alpha value is -0.820. The van der Waals surface area contributed by atoms with Crippen molar-refractivity contribution >= 4 is 0 Å². The summed E-state index contributed by atoms with van der Waals surface area (Å²) in [6.45, 7) is 4.67. The van der Waals surface area contributed by atoms with Crippen molar-refractivity contribution in [2.75, 3.05) is 0 Å². The van der Waals surface area contributed by atoms with Crippen molar-refractivity contribution in [3.05, 3.63) is 35.9 Å². The summed E-state index contributed by atoms with van der Waals surface area (Å²) in [5.41, 5.74) is 1.44. The minimum atomic E-state index is 0.529. The summed E-state index contributed by atoms with van der Waals surface area (Å²) in [4.78, 5) is 0. The van der Waals surface area contributed by atoms with Gasteiger partial charge in [-0.25, -0.2) is 0 Å². The van der Waals surface area contributed by atoms with Gasteiger partial charge in [-0.1, -0.05) is 57.0 Å². The Balaban J connectivity index is 1.99. The molecular formula is C16H25N. The van der Waals surface area contributed by atoms with Crippen LogP contribution in [0.1, 0.15) is 57.6 Å². The molecule has 1 nitrogen and oxygen atoms in total. The first-order valence-corrected chi connectivity index (χ1v) is 7.12. The lowest BCUT2D eigenvalue weighted by atomic mass is 9.85. The summed E-state index contributed by atoms with van der Waals surface area (Å²) in [5.74, 6) is 0.835. The van der Waals surface area contributed by atoms with Crippen molar-refractivity contribution < 1.29 is 0 Å². The average molecular weight is 231 g/mol. The molecule has 3 unspecified atom stereocenters. The van der Waals surface area contributed by atoms with E-state index >= 15 is 0 Å². The monoisotopic (exact) mass is 231 g/mol. The summed E-state index contributed by atoms with van der Waals surface area (Å²) in [7, 11) is 0. The van der Waals surface area contributed by atoms with Crippen LogP contribution in [0.5, 0.6) is 0 Å². The zero-order valence-electron chi connectivity index (χ0n) is 11.2. The predicted octanol–water partition coefficient (Wildman–Crippen LogP) is 4.31. The van der Waals surface area contributed by atoms with Crippen LogP contribution in [-0.4, -0.2) is 6.04 Å². The largest absolute Gasteiger partial charge is 0.307 e. The summed E-state index contributed by atoms with van der Waals surface area (Å²) < 4.78 is 0. The standard InChI is InChI=1S/C16H25N/c1-3-15(14-10-5-4-6-11-14)17-16-12-8-7-9-13(16)2/h4-6,10-11,13,15-17H,3,7-9,12H2,1-2H3. The van der Waals surface area contributed by atoms with E-state index in [-0.39, 0.29) is 0 Å². The van der Waals surface area contributed by atoms with Crippen LogP contribution in [-0.2, 0) is 0 Å². The van der Waals surface area contributed by atoms with Crippen LogP contribution in [0, 0.1) is 5.92 Å². The third-order valence-corrected chi connectivity index (χ3v) is 4.14. The van der Waals surface area contributed by atoms with Gasteiger partial charge >= 0.3 is 0 Å². The fourth-order valence-corrected chi connectivity index (χ4v) is 2.96. The molecule has 1 heteroatoms. The van der Waals surface area contributed by atoms with Gasteiger partial charge in [-0.3, -0.25) is 0 Å². The van der Waals surface area contributed by atoms with Gasteiger partial charge < -0.3 is 5.32 Å². The minimum Gasteiger partial charge on any atom is -0.307 e. The molecule has 0 bridgehead atoms. The van der Waals surface area contributed by atoms with Gasteiger partial charge in [0, 0.05) is 12.1 Å². The molecule has 3 atom stereocenters. The zero-order valence-corrected chi connectivity index (χ0v) is 11.2. The van der Waals surface area contributed by atoms with E-state index in [0.29, 0.717) is 12.1 Å². The molecule has 1 fully saturated rings. The quantitative estimate of drug-likeness (QED) is 0.814. The van der Waals surface area contributed by atoms with Gasteiger partial charge in [-0.15, -0.1) is 0 Å². The molecule has 1 aromatic carbocycles. The lowest BCUT2D eigenvalue weighted by Gasteiger charge is -2.33. The maximum atomic E-state index is 3.87. The van der Waals surface area contributed by atoms with Crippen molar-refractivity contribution in [3.63, 3.8) is 0 Å². The number of nitrogens with one attached hydrogen (secondary N) is 1. The average Bonchev–Trinajstić information content (AvgIpc) is 2.39. The summed E-state index contributed by atoms with van der Waals surface area (Å²) in [6, 6.07) is 12.1. The Morgan fingerprint density at radius 3 is 2.53 bits per heavy atom. The molecule has 1 saturated carbocycles. The van der Waals surface area contributed by atoms with Gasteiger partial charge in [0.25, 0.3) is 0 Å². The summed E-state index contributed by atoms with van der Waals surface area (Å²) in [6.07, 6.45) is 6.73. The van der Waals surface area contributed by atoms with Crippen molar-refractivity contribution in [1.29, 1.82) is 0 Å². The zero-order chi connectivity index (χ0) is 12.1. The maximum absolute atomic E-state index is 3.87. The van der Waals surface area contributed by atoms with E-state index < -0.39 is 0 Å². The van der Waals surface area contributed by atoms with Gasteiger partial charge in [0.1, 0.15) is 0 Å². The Kier molecular flexibility index (Phi) is 4.61. The van der Waals surface area contributed by atoms with E-state index in [4.69, 9.17) is 0 Å². The molecule has 1 aliphatic rings. The van der Waals surface area contributed by atoms with Crippen molar-refractivity contribution in [2.24, 2.45) is 5.92 Å². The van der Waals surface area contributed by atoms with Gasteiger partial charge in [-0.2, -0.15) is 0 Å². The lowest BCUT2D eigenvalue weighted by Crippen LogP contribution is -2.39. The SMILES string of the molecule is CCC(NC1CCCCC1C)c1ccccc1. The molecule has 0 saturated heterocycles. The first-order valence-electron chi connectivity index (χ1n) is 7.12. The molecule has 0 spiro atoms. The Morgan fingerprint density at radius 1 is 1.18 bits per heavy atom. The highest BCUT2D eigenvalue weighted by atomic mass is 15.0. The highest BCUT2D eigenvalue weighted by molar-refractivity contribution is 5.18. The van der Waals surface area contributed by atoms with E-state index in [1.807, 2.05) is 0 Å². The molecule has 0 radical (unpaired) electrons. The maximum Gasteiger partial charge on any atom is 0.0320 e. The highest BCUT2D eigenvalue weighted by Crippen LogP contribution is 2.27. The second-order valence-corrected chi connectivity index (χ2v) is 5.41. The Labute approximate surface area is 106 Å². The fourth-order valence-electron chi connectivity index (χ4n) is 2.96. The van der Waals surface area contributed by atoms with Crippen LogP contribution in [0.4, 0.5) is 0 Å². The number of hydrogen-bond acceptors (Lipinski definition) is 1. The van der Waals surface area contributed by atoms with Gasteiger partial charge in [0.2, 0.25) is 0 Å². The van der Waals surface area contributed by atoms with Gasteiger partial charge in [0.15, 0.2) is 0 Å². The molecule has 0 heterocycles. The molecule has 2 rings (SSSR count). The van der Waals surface area contributed by atoms with Crippen LogP contribution >= 0.6 is 0 Å². The van der Waals surface area contributed by atoms with Crippen molar-refractivity contribution in [1.82, 2.24) is 5.32 Å². The van der Waals surface area contributed by atoms with Crippen molar-refractivity contribution in [2.45, 2.75) is 58.0 Å². The Bertz CT molecular complexity index is 320. The number of benzene rings is 1. The molecule has 0 amide bonds. The van der Waals surface area contributed by atoms with E-state index in [2.05, 4.69) is 49.5 Å². The third kappa shape index (κ3) is 3.32. The fraction of sp³-hybridized carbons (Fsp3) is 0.625. The number of hydrogen-bond donors (Lipinski definition) is 1. The molecule has 1 aromatic rings. The van der Waals surface area contributed by atoms with Crippen LogP contribution < -0.4 is 5.32 Å². The number of rotatable bonds is 4. The first kappa shape index (κ1) is 12.6. The molecule has 94 valence electrons. The van der Waals surface area contributed by atoms with E-state index in [1.54, 1.807) is 0 Å². The topological polar surface area (TPSA) is 12.0 Å². The summed E-state index contributed by atoms with van der Waals surface area (Å²) >= 11 is 0. The van der Waals surface area contributed by atoms with Crippen LogP contribution in [0.15, 0.2) is 30.3 Å². The summed E-state index contributed by atoms with van der Waals surface area (Å²) in [5, 5.41) is 3.87. The van der Waals surface area contributed by atoms with E-state index in [0.717, 1.165) is 5.92 Å². The minimum absolute atomic E-state index is 0.529. The van der Waals surface area contributed by atoms with Gasteiger partial charge in [0.05, 0.1) is 0 Å². The van der Waals surface area contributed by atoms with Crippen LogP contribution in [0.3, 0.4) is 0 Å². The molecule has 17 heavy (non-hydrogen) atoms. The van der Waals surface area contributed by atoms with Crippen molar-refractivity contribution in [3.8, 4) is 0 Å². The third-order valence-electron chi connectivity index (χ3n) is 4.14. The first-order chi connectivity index (χ1) is 8.31. The van der Waals surface area contributed by atoms with Crippen LogP contribution in [0.2, 0.25) is 0 Å². The van der Waals surface area contributed by atoms with Gasteiger partial charge in [-0.05, 0) is 30.7 Å². The van der Waals surface area contributed by atoms with E-state index in [1.165, 1.54) is 37.7 Å². The normalized spacial score (nSPS) is 26.7. The Morgan fingerprint density at radius 2 is 1.88 bits per heavy atom. The predicted molar refractivity (Wildman–Crippen MR) is 74.0 cm³/mol. The molecule has 1 N–H and O–H groups in total. The molecule has 1 aliphatic carbocycles.